The highest BCUT2D eigenvalue weighted by molar-refractivity contribution is 9.10. The molecule has 2 aromatic rings. The molecule has 0 saturated heterocycles. The first-order valence-corrected chi connectivity index (χ1v) is 8.68. The zero-order valence-electron chi connectivity index (χ0n) is 12.8. The van der Waals surface area contributed by atoms with E-state index in [1.165, 1.54) is 18.0 Å². The molecule has 0 atom stereocenters. The molecule has 2 rings (SSSR count). The third-order valence-electron chi connectivity index (χ3n) is 3.04. The van der Waals surface area contributed by atoms with Crippen LogP contribution in [0, 0.1) is 13.8 Å². The Morgan fingerprint density at radius 3 is 2.74 bits per heavy atom. The Morgan fingerprint density at radius 2 is 2.04 bits per heavy atom. The molecule has 2 amide bonds. The largest absolute Gasteiger partial charge is 0.346 e. The van der Waals surface area contributed by atoms with E-state index in [1.54, 1.807) is 6.20 Å². The second kappa shape index (κ2) is 8.16. The van der Waals surface area contributed by atoms with Crippen LogP contribution in [0.2, 0.25) is 0 Å². The fourth-order valence-electron chi connectivity index (χ4n) is 1.81. The predicted octanol–water partition coefficient (Wildman–Crippen LogP) is 2.64. The summed E-state index contributed by atoms with van der Waals surface area (Å²) >= 11 is 4.94. The van der Waals surface area contributed by atoms with Crippen molar-refractivity contribution < 1.29 is 9.59 Å². The number of carbonyl (C=O) groups is 2. The fraction of sp³-hybridized carbons (Fsp3) is 0.267. The number of thioether (sulfide) groups is 1. The quantitative estimate of drug-likeness (QED) is 0.654. The van der Waals surface area contributed by atoms with Gasteiger partial charge in [0.15, 0.2) is 0 Å². The van der Waals surface area contributed by atoms with Crippen molar-refractivity contribution in [2.75, 3.05) is 17.6 Å². The van der Waals surface area contributed by atoms with Crippen molar-refractivity contribution in [1.82, 2.24) is 15.5 Å². The van der Waals surface area contributed by atoms with Crippen LogP contribution in [0.3, 0.4) is 0 Å². The lowest BCUT2D eigenvalue weighted by atomic mass is 10.2. The number of aromatic nitrogens is 2. The van der Waals surface area contributed by atoms with Crippen LogP contribution in [0.15, 0.2) is 33.9 Å². The molecule has 0 aliphatic heterocycles. The summed E-state index contributed by atoms with van der Waals surface area (Å²) in [7, 11) is 0. The topological polar surface area (TPSA) is 86.9 Å². The Morgan fingerprint density at radius 1 is 1.26 bits per heavy atom. The number of aryl methyl sites for hydroxylation is 2. The summed E-state index contributed by atoms with van der Waals surface area (Å²) in [5.74, 6) is -0.210. The van der Waals surface area contributed by atoms with Gasteiger partial charge >= 0.3 is 0 Å². The van der Waals surface area contributed by atoms with Crippen LogP contribution in [-0.4, -0.2) is 34.3 Å². The number of halogens is 1. The van der Waals surface area contributed by atoms with Crippen LogP contribution < -0.4 is 10.6 Å². The van der Waals surface area contributed by atoms with Gasteiger partial charge in [0, 0.05) is 15.6 Å². The number of amides is 2. The molecule has 6 nitrogen and oxygen atoms in total. The Balaban J connectivity index is 1.77. The van der Waals surface area contributed by atoms with Crippen LogP contribution in [0.4, 0.5) is 5.69 Å². The van der Waals surface area contributed by atoms with Gasteiger partial charge in [0.2, 0.25) is 11.8 Å². The van der Waals surface area contributed by atoms with Crippen molar-refractivity contribution in [3.8, 4) is 0 Å². The number of hydrogen-bond donors (Lipinski definition) is 3. The zero-order chi connectivity index (χ0) is 16.8. The number of nitrogens with one attached hydrogen (secondary N) is 3. The number of anilines is 1. The lowest BCUT2D eigenvalue weighted by Gasteiger charge is -2.09. The van der Waals surface area contributed by atoms with Gasteiger partial charge in [0.05, 0.1) is 24.2 Å². The zero-order valence-corrected chi connectivity index (χ0v) is 15.2. The molecule has 3 N–H and O–H groups in total. The fourth-order valence-corrected chi connectivity index (χ4v) is 3.20. The van der Waals surface area contributed by atoms with E-state index in [0.29, 0.717) is 5.69 Å². The van der Waals surface area contributed by atoms with Crippen molar-refractivity contribution in [2.24, 2.45) is 0 Å². The maximum atomic E-state index is 11.8. The number of nitrogens with zero attached hydrogens (tertiary/aromatic N) is 1. The van der Waals surface area contributed by atoms with Gasteiger partial charge in [-0.3, -0.25) is 14.7 Å². The Kier molecular flexibility index (Phi) is 6.23. The molecule has 1 aromatic heterocycles. The van der Waals surface area contributed by atoms with E-state index in [-0.39, 0.29) is 24.1 Å². The first kappa shape index (κ1) is 17.6. The van der Waals surface area contributed by atoms with Gasteiger partial charge in [0.25, 0.3) is 0 Å². The van der Waals surface area contributed by atoms with Crippen LogP contribution in [0.25, 0.3) is 0 Å². The third-order valence-corrected chi connectivity index (χ3v) is 5.05. The molecule has 0 saturated carbocycles. The number of rotatable bonds is 6. The predicted molar refractivity (Wildman–Crippen MR) is 94.6 cm³/mol. The van der Waals surface area contributed by atoms with E-state index >= 15 is 0 Å². The van der Waals surface area contributed by atoms with Gasteiger partial charge in [-0.15, -0.1) is 11.8 Å². The maximum absolute atomic E-state index is 11.8. The van der Waals surface area contributed by atoms with Crippen LogP contribution in [0.1, 0.15) is 11.1 Å². The number of aromatic amines is 1. The summed E-state index contributed by atoms with van der Waals surface area (Å²) in [6.07, 6.45) is 3.06. The molecular formula is C15H17BrN4O2S. The van der Waals surface area contributed by atoms with Crippen molar-refractivity contribution in [2.45, 2.75) is 18.7 Å². The first-order chi connectivity index (χ1) is 11.0. The molecule has 0 aliphatic carbocycles. The number of hydrogen-bond acceptors (Lipinski definition) is 4. The normalized spacial score (nSPS) is 10.4. The molecule has 1 heterocycles. The van der Waals surface area contributed by atoms with E-state index < -0.39 is 0 Å². The molecule has 1 aromatic carbocycles. The summed E-state index contributed by atoms with van der Waals surface area (Å²) < 4.78 is 1.06. The summed E-state index contributed by atoms with van der Waals surface area (Å²) in [5.41, 5.74) is 2.80. The van der Waals surface area contributed by atoms with Gasteiger partial charge in [-0.1, -0.05) is 15.9 Å². The Hall–Kier alpha value is -1.80. The average Bonchev–Trinajstić information content (AvgIpc) is 3.00. The minimum atomic E-state index is -0.291. The Bertz CT molecular complexity index is 704. The van der Waals surface area contributed by atoms with Crippen molar-refractivity contribution >= 4 is 45.2 Å². The molecule has 0 spiro atoms. The number of carbonyl (C=O) groups excluding carboxylic acids is 2. The first-order valence-electron chi connectivity index (χ1n) is 6.90. The molecule has 0 fully saturated rings. The molecule has 0 unspecified atom stereocenters. The summed E-state index contributed by atoms with van der Waals surface area (Å²) in [5, 5.41) is 11.5. The minimum absolute atomic E-state index is 0.0665. The standard InChI is InChI=1S/C15H17BrN4O2S/c1-9-4-13(10(2)3-12(9)16)23-8-15(22)17-7-14(21)20-11-5-18-19-6-11/h3-6H,7-8H2,1-2H3,(H,17,22)(H,18,19)(H,20,21). The summed E-state index contributed by atoms with van der Waals surface area (Å²) in [6.45, 7) is 3.94. The minimum Gasteiger partial charge on any atom is -0.346 e. The molecular weight excluding hydrogens is 380 g/mol. The molecule has 0 radical (unpaired) electrons. The highest BCUT2D eigenvalue weighted by atomic mass is 79.9. The molecule has 0 aliphatic rings. The van der Waals surface area contributed by atoms with Gasteiger partial charge in [-0.05, 0) is 37.1 Å². The van der Waals surface area contributed by atoms with E-state index in [0.717, 1.165) is 20.5 Å². The molecule has 0 bridgehead atoms. The smallest absolute Gasteiger partial charge is 0.243 e. The van der Waals surface area contributed by atoms with Crippen molar-refractivity contribution in [3.05, 3.63) is 40.1 Å². The highest BCUT2D eigenvalue weighted by Gasteiger charge is 2.09. The molecule has 23 heavy (non-hydrogen) atoms. The van der Waals surface area contributed by atoms with E-state index in [9.17, 15) is 9.59 Å². The molecule has 122 valence electrons. The van der Waals surface area contributed by atoms with Crippen LogP contribution >= 0.6 is 27.7 Å². The van der Waals surface area contributed by atoms with Crippen LogP contribution in [-0.2, 0) is 9.59 Å². The lowest BCUT2D eigenvalue weighted by molar-refractivity contribution is -0.122. The lowest BCUT2D eigenvalue weighted by Crippen LogP contribution is -2.33. The van der Waals surface area contributed by atoms with Gasteiger partial charge in [-0.2, -0.15) is 5.10 Å². The van der Waals surface area contributed by atoms with E-state index in [1.807, 2.05) is 26.0 Å². The summed E-state index contributed by atoms with van der Waals surface area (Å²) in [6, 6.07) is 4.08. The number of benzene rings is 1. The van der Waals surface area contributed by atoms with E-state index in [4.69, 9.17) is 0 Å². The Labute approximate surface area is 146 Å². The van der Waals surface area contributed by atoms with Crippen molar-refractivity contribution in [1.29, 1.82) is 0 Å². The molecule has 8 heteroatoms. The average molecular weight is 397 g/mol. The SMILES string of the molecule is Cc1cc(SCC(=O)NCC(=O)Nc2cn[nH]c2)c(C)cc1Br. The van der Waals surface area contributed by atoms with Gasteiger partial charge in [-0.25, -0.2) is 0 Å². The summed E-state index contributed by atoms with van der Waals surface area (Å²) in [4.78, 5) is 24.6. The second-order valence-corrected chi connectivity index (χ2v) is 6.84. The third kappa shape index (κ3) is 5.40. The van der Waals surface area contributed by atoms with Gasteiger partial charge in [0.1, 0.15) is 0 Å². The van der Waals surface area contributed by atoms with Gasteiger partial charge < -0.3 is 10.6 Å². The second-order valence-electron chi connectivity index (χ2n) is 4.97. The van der Waals surface area contributed by atoms with E-state index in [2.05, 4.69) is 36.8 Å². The highest BCUT2D eigenvalue weighted by Crippen LogP contribution is 2.28. The number of H-pyrrole nitrogens is 1. The van der Waals surface area contributed by atoms with Crippen LogP contribution in [0.5, 0.6) is 0 Å². The van der Waals surface area contributed by atoms with Crippen molar-refractivity contribution in [3.63, 3.8) is 0 Å². The monoisotopic (exact) mass is 396 g/mol. The maximum Gasteiger partial charge on any atom is 0.243 e.